The number of hydrogen-bond donors (Lipinski definition) is 2. The van der Waals surface area contributed by atoms with Gasteiger partial charge in [0.1, 0.15) is 24.7 Å². The van der Waals surface area contributed by atoms with E-state index in [4.69, 9.17) is 9.47 Å². The number of fused-ring (bicyclic) bond motifs is 1. The number of phenolic OH excluding ortho intramolecular Hbond substituents is 1. The summed E-state index contributed by atoms with van der Waals surface area (Å²) < 4.78 is 11.3. The minimum atomic E-state index is -0.735. The van der Waals surface area contributed by atoms with Crippen molar-refractivity contribution < 1.29 is 24.5 Å². The van der Waals surface area contributed by atoms with E-state index in [0.29, 0.717) is 48.7 Å². The number of ketones is 1. The quantitative estimate of drug-likeness (QED) is 0.280. The highest BCUT2D eigenvalue weighted by molar-refractivity contribution is 8.00. The van der Waals surface area contributed by atoms with Gasteiger partial charge in [0.2, 0.25) is 0 Å². The number of rotatable bonds is 8. The fraction of sp³-hybridized carbons (Fsp3) is 0.378. The van der Waals surface area contributed by atoms with Crippen LogP contribution >= 0.6 is 11.8 Å². The van der Waals surface area contributed by atoms with E-state index >= 15 is 0 Å². The van der Waals surface area contributed by atoms with Gasteiger partial charge in [0.05, 0.1) is 11.4 Å². The molecule has 3 aliphatic rings. The summed E-state index contributed by atoms with van der Waals surface area (Å²) in [7, 11) is 0. The van der Waals surface area contributed by atoms with Crippen molar-refractivity contribution in [1.82, 2.24) is 0 Å². The van der Waals surface area contributed by atoms with Gasteiger partial charge in [-0.1, -0.05) is 73.7 Å². The summed E-state index contributed by atoms with van der Waals surface area (Å²) in [6.45, 7) is 3.33. The summed E-state index contributed by atoms with van der Waals surface area (Å²) in [6.07, 6.45) is 11.7. The van der Waals surface area contributed by atoms with E-state index in [1.165, 1.54) is 22.9 Å². The molecule has 2 unspecified atom stereocenters. The van der Waals surface area contributed by atoms with Crippen molar-refractivity contribution in [1.29, 1.82) is 0 Å². The number of hydrogen-bond acceptors (Lipinski definition) is 6. The predicted octanol–water partition coefficient (Wildman–Crippen LogP) is 7.54. The molecule has 1 saturated carbocycles. The molecule has 2 aliphatic carbocycles. The Morgan fingerprint density at radius 3 is 2.47 bits per heavy atom. The molecule has 6 atom stereocenters. The van der Waals surface area contributed by atoms with Crippen molar-refractivity contribution >= 4 is 17.5 Å². The first-order valence-electron chi connectivity index (χ1n) is 15.4. The summed E-state index contributed by atoms with van der Waals surface area (Å²) in [6, 6.07) is 21.8. The van der Waals surface area contributed by atoms with Crippen LogP contribution in [-0.2, 0) is 11.2 Å². The van der Waals surface area contributed by atoms with E-state index in [2.05, 4.69) is 55.5 Å². The lowest BCUT2D eigenvalue weighted by atomic mass is 9.83. The van der Waals surface area contributed by atoms with Gasteiger partial charge < -0.3 is 19.7 Å². The number of phenols is 1. The minimum Gasteiger partial charge on any atom is -0.508 e. The number of carbonyl (C=O) groups excluding carboxylic acids is 1. The van der Waals surface area contributed by atoms with Gasteiger partial charge in [-0.25, -0.2) is 0 Å². The summed E-state index contributed by atoms with van der Waals surface area (Å²) in [5, 5.41) is 20.8. The number of aliphatic hydroxyl groups excluding tert-OH is 1. The largest absolute Gasteiger partial charge is 0.508 e. The minimum absolute atomic E-state index is 0.00794. The third kappa shape index (κ3) is 7.02. The zero-order valence-electron chi connectivity index (χ0n) is 24.6. The number of aliphatic hydroxyl groups is 1. The topological polar surface area (TPSA) is 76.0 Å². The van der Waals surface area contributed by atoms with Crippen LogP contribution in [0.25, 0.3) is 0 Å². The molecule has 6 heteroatoms. The molecule has 43 heavy (non-hydrogen) atoms. The first-order valence-corrected chi connectivity index (χ1v) is 16.4. The molecule has 2 N–H and O–H groups in total. The van der Waals surface area contributed by atoms with Crippen molar-refractivity contribution in [3.63, 3.8) is 0 Å². The number of aromatic hydroxyl groups is 1. The van der Waals surface area contributed by atoms with Crippen LogP contribution in [0.1, 0.15) is 66.4 Å². The van der Waals surface area contributed by atoms with Gasteiger partial charge in [-0.3, -0.25) is 4.79 Å². The number of Topliss-reactive ketones (excluding diaryl/α,β-unsaturated/α-hetero) is 1. The Balaban J connectivity index is 1.17. The molecule has 1 fully saturated rings. The van der Waals surface area contributed by atoms with Gasteiger partial charge in [0.15, 0.2) is 11.5 Å². The molecule has 0 radical (unpaired) electrons. The maximum Gasteiger partial charge on any atom is 0.161 e. The van der Waals surface area contributed by atoms with Crippen molar-refractivity contribution in [3.8, 4) is 17.2 Å². The standard InChI is InChI=1S/C37H40O5S/c1-24-5-3-2-4-6-28(19-24)26-9-7-25(8-10-26)20-30-21-32(39)37(36(30)27-11-14-31(38)15-12-27)43-23-33(40)29-13-16-34-35(22-29)42-18-17-41-34/h2-4,6-16,22,24,28,30,33,36-38,40H,5,17-21,23H2,1H3/b3-2+,6-4-/t24-,28?,30?,33-,36-,37-/m0/s1. The third-order valence-corrected chi connectivity index (χ3v) is 10.4. The number of thioether (sulfide) groups is 1. The zero-order valence-corrected chi connectivity index (χ0v) is 25.4. The van der Waals surface area contributed by atoms with Crippen LogP contribution in [0.4, 0.5) is 0 Å². The van der Waals surface area contributed by atoms with Gasteiger partial charge >= 0.3 is 0 Å². The average molecular weight is 597 g/mol. The molecule has 6 rings (SSSR count). The van der Waals surface area contributed by atoms with Crippen LogP contribution in [0, 0.1) is 11.8 Å². The maximum absolute atomic E-state index is 13.5. The summed E-state index contributed by atoms with van der Waals surface area (Å²) in [5.41, 5.74) is 4.37. The Morgan fingerprint density at radius 2 is 1.67 bits per heavy atom. The third-order valence-electron chi connectivity index (χ3n) is 8.97. The molecule has 224 valence electrons. The highest BCUT2D eigenvalue weighted by Gasteiger charge is 2.43. The Kier molecular flexibility index (Phi) is 9.25. The molecule has 1 aliphatic heterocycles. The second-order valence-electron chi connectivity index (χ2n) is 12.2. The smallest absolute Gasteiger partial charge is 0.161 e. The van der Waals surface area contributed by atoms with Crippen molar-refractivity contribution in [2.45, 2.75) is 55.8 Å². The zero-order chi connectivity index (χ0) is 29.8. The molecular formula is C37H40O5S. The van der Waals surface area contributed by atoms with Crippen molar-refractivity contribution in [3.05, 3.63) is 113 Å². The number of ether oxygens (including phenoxy) is 2. The van der Waals surface area contributed by atoms with Crippen molar-refractivity contribution in [2.75, 3.05) is 19.0 Å². The van der Waals surface area contributed by atoms with Crippen LogP contribution < -0.4 is 9.47 Å². The lowest BCUT2D eigenvalue weighted by molar-refractivity contribution is -0.117. The molecule has 5 nitrogen and oxygen atoms in total. The molecule has 0 saturated heterocycles. The van der Waals surface area contributed by atoms with E-state index in [-0.39, 0.29) is 28.6 Å². The first-order chi connectivity index (χ1) is 20.9. The molecule has 3 aromatic rings. The lowest BCUT2D eigenvalue weighted by Gasteiger charge is -2.26. The van der Waals surface area contributed by atoms with E-state index < -0.39 is 6.10 Å². The fourth-order valence-corrected chi connectivity index (χ4v) is 8.14. The van der Waals surface area contributed by atoms with E-state index in [9.17, 15) is 15.0 Å². The fourth-order valence-electron chi connectivity index (χ4n) is 6.69. The molecule has 1 heterocycles. The Labute approximate surface area is 258 Å². The van der Waals surface area contributed by atoms with Gasteiger partial charge in [0.25, 0.3) is 0 Å². The molecule has 0 bridgehead atoms. The van der Waals surface area contributed by atoms with Crippen LogP contribution in [0.15, 0.2) is 91.0 Å². The Bertz CT molecular complexity index is 1460. The highest BCUT2D eigenvalue weighted by Crippen LogP contribution is 2.47. The first kappa shape index (κ1) is 29.6. The number of carbonyl (C=O) groups is 1. The Hall–Kier alpha value is -3.48. The molecule has 0 amide bonds. The maximum atomic E-state index is 13.5. The van der Waals surface area contributed by atoms with Crippen LogP contribution in [0.5, 0.6) is 17.2 Å². The van der Waals surface area contributed by atoms with Gasteiger partial charge in [-0.15, -0.1) is 11.8 Å². The van der Waals surface area contributed by atoms with E-state index in [1.54, 1.807) is 12.1 Å². The molecule has 0 aromatic heterocycles. The average Bonchev–Trinajstić information content (AvgIpc) is 3.32. The number of benzene rings is 3. The van der Waals surface area contributed by atoms with E-state index in [1.807, 2.05) is 30.3 Å². The number of allylic oxidation sites excluding steroid dienone is 4. The SMILES string of the molecule is C[C@H]1C/C=C/C=C\C(c2ccc(CC3CC(=O)[C@H](SC[C@H](O)c4ccc5c(c4)OCCO5)[C@H]3c3ccc(O)cc3)cc2)C1. The monoisotopic (exact) mass is 596 g/mol. The normalized spacial score (nSPS) is 27.2. The second-order valence-corrected chi connectivity index (χ2v) is 13.3. The van der Waals surface area contributed by atoms with Gasteiger partial charge in [-0.05, 0) is 77.6 Å². The second kappa shape index (κ2) is 13.4. The molecular weight excluding hydrogens is 556 g/mol. The van der Waals surface area contributed by atoms with Crippen LogP contribution in [-0.4, -0.2) is 40.2 Å². The summed E-state index contributed by atoms with van der Waals surface area (Å²) in [5.74, 6) is 3.36. The molecule has 0 spiro atoms. The highest BCUT2D eigenvalue weighted by atomic mass is 32.2. The lowest BCUT2D eigenvalue weighted by Crippen LogP contribution is -2.21. The Morgan fingerprint density at radius 1 is 0.930 bits per heavy atom. The summed E-state index contributed by atoms with van der Waals surface area (Å²) in [4.78, 5) is 13.5. The summed E-state index contributed by atoms with van der Waals surface area (Å²) >= 11 is 1.53. The van der Waals surface area contributed by atoms with E-state index in [0.717, 1.165) is 30.4 Å². The molecule has 3 aromatic carbocycles. The van der Waals surface area contributed by atoms with Crippen LogP contribution in [0.3, 0.4) is 0 Å². The van der Waals surface area contributed by atoms with Crippen LogP contribution in [0.2, 0.25) is 0 Å². The van der Waals surface area contributed by atoms with Crippen molar-refractivity contribution in [2.24, 2.45) is 11.8 Å². The van der Waals surface area contributed by atoms with Gasteiger partial charge in [0, 0.05) is 24.0 Å². The predicted molar refractivity (Wildman–Crippen MR) is 172 cm³/mol. The van der Waals surface area contributed by atoms with Gasteiger partial charge in [-0.2, -0.15) is 0 Å².